The largest absolute Gasteiger partial charge is 0.411 e. The predicted octanol–water partition coefficient (Wildman–Crippen LogP) is 4.22. The third-order valence-corrected chi connectivity index (χ3v) is 3.39. The maximum absolute atomic E-state index is 12.1. The van der Waals surface area contributed by atoms with Crippen LogP contribution in [0.4, 0.5) is 8.78 Å². The highest BCUT2D eigenvalue weighted by molar-refractivity contribution is 7.99. The zero-order chi connectivity index (χ0) is 13.8. The predicted molar refractivity (Wildman–Crippen MR) is 70.6 cm³/mol. The average Bonchev–Trinajstić information content (AvgIpc) is 2.85. The zero-order valence-electron chi connectivity index (χ0n) is 10.6. The second-order valence-corrected chi connectivity index (χ2v) is 5.32. The van der Waals surface area contributed by atoms with E-state index in [9.17, 15) is 8.78 Å². The van der Waals surface area contributed by atoms with E-state index in [0.717, 1.165) is 17.3 Å². The van der Waals surface area contributed by atoms with E-state index in [1.54, 1.807) is 0 Å². The van der Waals surface area contributed by atoms with E-state index in [1.807, 2.05) is 24.3 Å². The molecule has 3 nitrogen and oxygen atoms in total. The number of halogens is 2. The van der Waals surface area contributed by atoms with Crippen LogP contribution in [0.25, 0.3) is 11.5 Å². The van der Waals surface area contributed by atoms with Crippen LogP contribution in [0.15, 0.2) is 33.9 Å². The van der Waals surface area contributed by atoms with Crippen LogP contribution in [0.2, 0.25) is 0 Å². The molecule has 0 bridgehead atoms. The standard InChI is InChI=1S/C13H14F2N2OS/c1-8(2)9-3-5-10(6-4-9)12-16-17-13(18-12)19-7-11(14)15/h3-6,8,11H,7H2,1-2H3. The molecule has 102 valence electrons. The van der Waals surface area contributed by atoms with E-state index in [-0.39, 0.29) is 11.0 Å². The van der Waals surface area contributed by atoms with Crippen molar-refractivity contribution in [3.63, 3.8) is 0 Å². The summed E-state index contributed by atoms with van der Waals surface area (Å²) in [7, 11) is 0. The summed E-state index contributed by atoms with van der Waals surface area (Å²) in [6.07, 6.45) is -2.38. The van der Waals surface area contributed by atoms with E-state index in [1.165, 1.54) is 5.56 Å². The molecule has 0 amide bonds. The van der Waals surface area contributed by atoms with Gasteiger partial charge in [-0.15, -0.1) is 10.2 Å². The minimum absolute atomic E-state index is 0.170. The number of alkyl halides is 2. The van der Waals surface area contributed by atoms with E-state index in [0.29, 0.717) is 11.8 Å². The fourth-order valence-electron chi connectivity index (χ4n) is 1.53. The molecule has 2 aromatic rings. The molecule has 0 fully saturated rings. The van der Waals surface area contributed by atoms with Crippen LogP contribution in [-0.4, -0.2) is 22.4 Å². The van der Waals surface area contributed by atoms with Crippen molar-refractivity contribution in [3.05, 3.63) is 29.8 Å². The Kier molecular flexibility index (Phi) is 4.52. The van der Waals surface area contributed by atoms with Gasteiger partial charge in [0.2, 0.25) is 12.3 Å². The van der Waals surface area contributed by atoms with Crippen molar-refractivity contribution in [1.82, 2.24) is 10.2 Å². The molecule has 0 radical (unpaired) electrons. The smallest absolute Gasteiger partial charge is 0.277 e. The molecule has 19 heavy (non-hydrogen) atoms. The summed E-state index contributed by atoms with van der Waals surface area (Å²) in [5.41, 5.74) is 2.01. The van der Waals surface area contributed by atoms with Crippen LogP contribution < -0.4 is 0 Å². The molecule has 1 aromatic carbocycles. The molecular weight excluding hydrogens is 270 g/mol. The minimum atomic E-state index is -2.38. The zero-order valence-corrected chi connectivity index (χ0v) is 11.5. The second kappa shape index (κ2) is 6.14. The fourth-order valence-corrected chi connectivity index (χ4v) is 2.03. The van der Waals surface area contributed by atoms with E-state index in [4.69, 9.17) is 4.42 Å². The Morgan fingerprint density at radius 3 is 2.42 bits per heavy atom. The molecule has 0 aliphatic rings. The highest BCUT2D eigenvalue weighted by atomic mass is 32.2. The average molecular weight is 284 g/mol. The van der Waals surface area contributed by atoms with Crippen LogP contribution in [-0.2, 0) is 0 Å². The van der Waals surface area contributed by atoms with Crippen molar-refractivity contribution >= 4 is 11.8 Å². The molecule has 0 spiro atoms. The first kappa shape index (κ1) is 14.0. The quantitative estimate of drug-likeness (QED) is 0.771. The number of nitrogens with zero attached hydrogens (tertiary/aromatic N) is 2. The first-order chi connectivity index (χ1) is 9.06. The maximum atomic E-state index is 12.1. The molecule has 0 aliphatic heterocycles. The summed E-state index contributed by atoms with van der Waals surface area (Å²) in [5, 5.41) is 7.76. The third kappa shape index (κ3) is 3.76. The van der Waals surface area contributed by atoms with Crippen molar-refractivity contribution in [2.75, 3.05) is 5.75 Å². The molecule has 0 aliphatic carbocycles. The second-order valence-electron chi connectivity index (χ2n) is 4.35. The van der Waals surface area contributed by atoms with E-state index >= 15 is 0 Å². The Bertz CT molecular complexity index is 526. The van der Waals surface area contributed by atoms with Gasteiger partial charge in [-0.1, -0.05) is 37.7 Å². The van der Waals surface area contributed by atoms with Gasteiger partial charge >= 0.3 is 0 Å². The van der Waals surface area contributed by atoms with Crippen molar-refractivity contribution in [3.8, 4) is 11.5 Å². The van der Waals surface area contributed by atoms with Gasteiger partial charge in [-0.05, 0) is 23.6 Å². The molecule has 2 rings (SSSR count). The lowest BCUT2D eigenvalue weighted by Crippen LogP contribution is -1.92. The summed E-state index contributed by atoms with van der Waals surface area (Å²) < 4.78 is 29.4. The molecular formula is C13H14F2N2OS. The lowest BCUT2D eigenvalue weighted by molar-refractivity contribution is 0.176. The van der Waals surface area contributed by atoms with Gasteiger partial charge in [0.25, 0.3) is 5.22 Å². The minimum Gasteiger partial charge on any atom is -0.411 e. The Morgan fingerprint density at radius 1 is 1.16 bits per heavy atom. The van der Waals surface area contributed by atoms with Crippen molar-refractivity contribution in [1.29, 1.82) is 0 Å². The molecule has 1 aromatic heterocycles. The SMILES string of the molecule is CC(C)c1ccc(-c2nnc(SCC(F)F)o2)cc1. The van der Waals surface area contributed by atoms with Gasteiger partial charge in [0, 0.05) is 5.56 Å². The molecule has 0 saturated heterocycles. The van der Waals surface area contributed by atoms with Crippen LogP contribution in [0.3, 0.4) is 0 Å². The number of hydrogen-bond donors (Lipinski definition) is 0. The van der Waals surface area contributed by atoms with Crippen LogP contribution >= 0.6 is 11.8 Å². The molecule has 0 atom stereocenters. The fraction of sp³-hybridized carbons (Fsp3) is 0.385. The summed E-state index contributed by atoms with van der Waals surface area (Å²) in [6.45, 7) is 4.22. The Labute approximate surface area is 114 Å². The molecule has 0 N–H and O–H groups in total. The van der Waals surface area contributed by atoms with Gasteiger partial charge in [-0.2, -0.15) is 0 Å². The van der Waals surface area contributed by atoms with Crippen LogP contribution in [0.5, 0.6) is 0 Å². The monoisotopic (exact) mass is 284 g/mol. The van der Waals surface area contributed by atoms with Crippen LogP contribution in [0.1, 0.15) is 25.3 Å². The summed E-state index contributed by atoms with van der Waals surface area (Å²) in [4.78, 5) is 0. The summed E-state index contributed by atoms with van der Waals surface area (Å²) in [6, 6.07) is 7.78. The first-order valence-corrected chi connectivity index (χ1v) is 6.89. The third-order valence-electron chi connectivity index (χ3n) is 2.56. The molecule has 1 heterocycles. The number of rotatable bonds is 5. The van der Waals surface area contributed by atoms with Gasteiger partial charge in [-0.3, -0.25) is 0 Å². The lowest BCUT2D eigenvalue weighted by atomic mass is 10.0. The normalized spacial score (nSPS) is 11.5. The highest BCUT2D eigenvalue weighted by Gasteiger charge is 2.12. The van der Waals surface area contributed by atoms with Gasteiger partial charge in [0.1, 0.15) is 0 Å². The molecule has 0 saturated carbocycles. The van der Waals surface area contributed by atoms with Crippen LogP contribution in [0, 0.1) is 0 Å². The number of hydrogen-bond acceptors (Lipinski definition) is 4. The van der Waals surface area contributed by atoms with Gasteiger partial charge in [0.15, 0.2) is 0 Å². The lowest BCUT2D eigenvalue weighted by Gasteiger charge is -2.04. The maximum Gasteiger partial charge on any atom is 0.277 e. The Morgan fingerprint density at radius 2 is 1.84 bits per heavy atom. The van der Waals surface area contributed by atoms with Gasteiger partial charge < -0.3 is 4.42 Å². The van der Waals surface area contributed by atoms with E-state index in [2.05, 4.69) is 24.0 Å². The summed E-state index contributed by atoms with van der Waals surface area (Å²) >= 11 is 0.862. The van der Waals surface area contributed by atoms with Gasteiger partial charge in [-0.25, -0.2) is 8.78 Å². The van der Waals surface area contributed by atoms with E-state index < -0.39 is 6.43 Å². The summed E-state index contributed by atoms with van der Waals surface area (Å²) in [5.74, 6) is 0.467. The Balaban J connectivity index is 2.09. The van der Waals surface area contributed by atoms with Crippen molar-refractivity contribution < 1.29 is 13.2 Å². The highest BCUT2D eigenvalue weighted by Crippen LogP contribution is 2.25. The number of benzene rings is 1. The van der Waals surface area contributed by atoms with Gasteiger partial charge in [0.05, 0.1) is 5.75 Å². The topological polar surface area (TPSA) is 38.9 Å². The number of thioether (sulfide) groups is 1. The molecule has 6 heteroatoms. The number of aromatic nitrogens is 2. The van der Waals surface area contributed by atoms with Crippen molar-refractivity contribution in [2.45, 2.75) is 31.4 Å². The first-order valence-electron chi connectivity index (χ1n) is 5.91. The molecule has 0 unspecified atom stereocenters. The van der Waals surface area contributed by atoms with Crippen molar-refractivity contribution in [2.24, 2.45) is 0 Å². The Hall–Kier alpha value is -1.43.